The van der Waals surface area contributed by atoms with Crippen molar-refractivity contribution in [1.29, 1.82) is 0 Å². The van der Waals surface area contributed by atoms with Crippen molar-refractivity contribution in [3.63, 3.8) is 0 Å². The van der Waals surface area contributed by atoms with Crippen molar-refractivity contribution in [3.05, 3.63) is 97.1 Å². The topological polar surface area (TPSA) is 0 Å². The van der Waals surface area contributed by atoms with E-state index in [-0.39, 0.29) is 0 Å². The Morgan fingerprint density at radius 3 is 0.765 bits per heavy atom. The molecular weight excluding hydrogens is 502 g/mol. The van der Waals surface area contributed by atoms with Crippen LogP contribution in [0.15, 0.2) is 74.8 Å². The number of hydrogen-bond acceptors (Lipinski definition) is 0. The molecule has 0 radical (unpaired) electrons. The smallest absolute Gasteiger partial charge is 0.0413 e. The van der Waals surface area contributed by atoms with Crippen molar-refractivity contribution in [2.75, 3.05) is 0 Å². The summed E-state index contributed by atoms with van der Waals surface area (Å²) in [6, 6.07) is 16.4. The van der Waals surface area contributed by atoms with Gasteiger partial charge in [-0.2, -0.15) is 0 Å². The Hall–Kier alpha value is -2.74. The minimum Gasteiger partial charge on any atom is -0.0843 e. The van der Waals surface area contributed by atoms with Gasteiger partial charge in [-0.15, -0.1) is 0 Å². The van der Waals surface area contributed by atoms with E-state index in [2.05, 4.69) is 50.6 Å². The van der Waals surface area contributed by atoms with Gasteiger partial charge >= 0.3 is 0 Å². The van der Waals surface area contributed by atoms with Crippen molar-refractivity contribution in [1.82, 2.24) is 0 Å². The van der Waals surface area contributed by atoms with E-state index < -0.39 is 0 Å². The summed E-state index contributed by atoms with van der Waals surface area (Å²) in [5.41, 5.74) is 12.0. The van der Waals surface area contributed by atoms with Gasteiger partial charge in [-0.3, -0.25) is 0 Å². The Balaban J connectivity index is 1.81. The van der Waals surface area contributed by atoms with Gasteiger partial charge in [-0.25, -0.2) is 0 Å². The van der Waals surface area contributed by atoms with Gasteiger partial charge in [0.25, 0.3) is 0 Å². The predicted molar refractivity (Wildman–Crippen MR) is 152 cm³/mol. The zero-order chi connectivity index (χ0) is 24.0. The first-order valence-corrected chi connectivity index (χ1v) is 12.1. The number of halogens is 4. The van der Waals surface area contributed by atoms with Crippen LogP contribution in [0, 0.1) is 0 Å². The molecule has 4 aromatic rings. The zero-order valence-corrected chi connectivity index (χ0v) is 21.0. The molecule has 0 saturated heterocycles. The summed E-state index contributed by atoms with van der Waals surface area (Å²) >= 11 is 25.8. The van der Waals surface area contributed by atoms with Crippen molar-refractivity contribution in [2.24, 2.45) is 0 Å². The van der Waals surface area contributed by atoms with Crippen LogP contribution in [0.3, 0.4) is 0 Å². The first-order chi connectivity index (χ1) is 16.2. The highest BCUT2D eigenvalue weighted by Crippen LogP contribution is 2.60. The van der Waals surface area contributed by atoms with E-state index in [4.69, 9.17) is 46.4 Å². The summed E-state index contributed by atoms with van der Waals surface area (Å²) < 4.78 is 0. The maximum atomic E-state index is 6.46. The zero-order valence-electron chi connectivity index (χ0n) is 18.0. The van der Waals surface area contributed by atoms with Crippen LogP contribution in [0.25, 0.3) is 75.4 Å². The fourth-order valence-electron chi connectivity index (χ4n) is 5.56. The fourth-order valence-corrected chi connectivity index (χ4v) is 6.19. The molecule has 0 saturated carbocycles. The minimum absolute atomic E-state index is 0.479. The van der Waals surface area contributed by atoms with E-state index in [0.717, 1.165) is 77.5 Å². The standard InChI is InChI=1S/C30H16Cl4/c1-13(31)17-5-6-18(14(2)32)26-22-11-12-24-28-20(16(4)34)8-7-19(15(3)33)27(28)23-10-9-21(25(17)26)29(22)30(23)24/h5-12H,1-4H2. The molecular formula is C30H16Cl4. The van der Waals surface area contributed by atoms with Crippen LogP contribution in [0.1, 0.15) is 22.3 Å². The van der Waals surface area contributed by atoms with Crippen LogP contribution in [0.5, 0.6) is 0 Å². The lowest BCUT2D eigenvalue weighted by atomic mass is 9.91. The first-order valence-electron chi connectivity index (χ1n) is 10.6. The molecule has 164 valence electrons. The maximum absolute atomic E-state index is 6.46. The third kappa shape index (κ3) is 2.69. The molecule has 0 nitrogen and oxygen atoms in total. The lowest BCUT2D eigenvalue weighted by Crippen LogP contribution is -1.91. The minimum atomic E-state index is 0.479. The summed E-state index contributed by atoms with van der Waals surface area (Å²) in [5, 5.41) is 4.20. The molecule has 4 heteroatoms. The third-order valence-corrected chi connectivity index (χ3v) is 7.63. The van der Waals surface area contributed by atoms with Gasteiger partial charge in [0.05, 0.1) is 0 Å². The van der Waals surface area contributed by atoms with E-state index in [9.17, 15) is 0 Å². The highest BCUT2D eigenvalue weighted by molar-refractivity contribution is 6.52. The summed E-state index contributed by atoms with van der Waals surface area (Å²) in [6.07, 6.45) is 0. The molecule has 4 aromatic carbocycles. The summed E-state index contributed by atoms with van der Waals surface area (Å²) in [5.74, 6) is 0. The second-order valence-electron chi connectivity index (χ2n) is 8.51. The van der Waals surface area contributed by atoms with Crippen LogP contribution < -0.4 is 0 Å². The van der Waals surface area contributed by atoms with Crippen molar-refractivity contribution >= 4 is 77.3 Å². The van der Waals surface area contributed by atoms with Gasteiger partial charge in [-0.1, -0.05) is 121 Å². The molecule has 2 aliphatic rings. The average molecular weight is 518 g/mol. The van der Waals surface area contributed by atoms with Gasteiger partial charge in [0.1, 0.15) is 0 Å². The van der Waals surface area contributed by atoms with Crippen molar-refractivity contribution in [3.8, 4) is 44.5 Å². The number of benzene rings is 4. The summed E-state index contributed by atoms with van der Waals surface area (Å²) in [7, 11) is 0. The first kappa shape index (κ1) is 21.8. The second-order valence-corrected chi connectivity index (χ2v) is 10.3. The molecule has 0 spiro atoms. The van der Waals surface area contributed by atoms with E-state index in [1.165, 1.54) is 0 Å². The van der Waals surface area contributed by atoms with E-state index in [1.54, 1.807) is 0 Å². The van der Waals surface area contributed by atoms with Crippen LogP contribution in [-0.4, -0.2) is 0 Å². The third-order valence-electron chi connectivity index (χ3n) is 6.82. The predicted octanol–water partition coefficient (Wildman–Crippen LogP) is 11.0. The normalized spacial score (nSPS) is 12.0. The summed E-state index contributed by atoms with van der Waals surface area (Å²) in [6.45, 7) is 16.0. The van der Waals surface area contributed by atoms with E-state index >= 15 is 0 Å². The molecule has 2 aliphatic carbocycles. The largest absolute Gasteiger partial charge is 0.0843 e. The monoisotopic (exact) mass is 516 g/mol. The molecule has 0 atom stereocenters. The van der Waals surface area contributed by atoms with Gasteiger partial charge < -0.3 is 0 Å². The molecule has 0 amide bonds. The number of fused-ring (bicyclic) bond motifs is 6. The molecule has 0 fully saturated rings. The molecule has 0 aromatic heterocycles. The fraction of sp³-hybridized carbons (Fsp3) is 0. The molecule has 0 N–H and O–H groups in total. The van der Waals surface area contributed by atoms with Gasteiger partial charge in [0, 0.05) is 42.4 Å². The second kappa shape index (κ2) is 7.38. The van der Waals surface area contributed by atoms with Crippen molar-refractivity contribution < 1.29 is 0 Å². The molecule has 0 heterocycles. The van der Waals surface area contributed by atoms with Gasteiger partial charge in [0.2, 0.25) is 0 Å². The Kier molecular flexibility index (Phi) is 4.72. The highest BCUT2D eigenvalue weighted by atomic mass is 35.5. The highest BCUT2D eigenvalue weighted by Gasteiger charge is 2.34. The SMILES string of the molecule is C=C(Cl)c1ccc(C(=C)Cl)c2c1-c1ccc3c4c(ccc-2c14)-c1c(C(=C)Cl)ccc(C(=C)Cl)c1-3. The van der Waals surface area contributed by atoms with Crippen LogP contribution >= 0.6 is 46.4 Å². The van der Waals surface area contributed by atoms with Crippen LogP contribution in [0.4, 0.5) is 0 Å². The van der Waals surface area contributed by atoms with E-state index in [1.807, 2.05) is 24.3 Å². The molecule has 34 heavy (non-hydrogen) atoms. The van der Waals surface area contributed by atoms with Gasteiger partial charge in [-0.05, 0) is 55.3 Å². The molecule has 0 aliphatic heterocycles. The Labute approximate surface area is 218 Å². The van der Waals surface area contributed by atoms with Crippen LogP contribution in [0.2, 0.25) is 0 Å². The van der Waals surface area contributed by atoms with Crippen LogP contribution in [-0.2, 0) is 0 Å². The lowest BCUT2D eigenvalue weighted by Gasteiger charge is -2.14. The van der Waals surface area contributed by atoms with E-state index in [0.29, 0.717) is 20.1 Å². The lowest BCUT2D eigenvalue weighted by molar-refractivity contribution is 1.59. The maximum Gasteiger partial charge on any atom is 0.0413 e. The van der Waals surface area contributed by atoms with Crippen molar-refractivity contribution in [2.45, 2.75) is 0 Å². The Morgan fingerprint density at radius 2 is 0.588 bits per heavy atom. The summed E-state index contributed by atoms with van der Waals surface area (Å²) in [4.78, 5) is 0. The average Bonchev–Trinajstić information content (AvgIpc) is 3.30. The Morgan fingerprint density at radius 1 is 0.382 bits per heavy atom. The molecule has 0 unspecified atom stereocenters. The molecule has 0 bridgehead atoms. The molecule has 6 rings (SSSR count). The Bertz CT molecular complexity index is 1450. The number of rotatable bonds is 4. The quantitative estimate of drug-likeness (QED) is 0.218. The number of hydrogen-bond donors (Lipinski definition) is 0. The van der Waals surface area contributed by atoms with Gasteiger partial charge in [0.15, 0.2) is 0 Å².